The highest BCUT2D eigenvalue weighted by atomic mass is 35.5. The van der Waals surface area contributed by atoms with Crippen LogP contribution >= 0.6 is 11.6 Å². The number of aromatic nitrogens is 1. The van der Waals surface area contributed by atoms with Crippen LogP contribution in [0.15, 0.2) is 27.2 Å². The summed E-state index contributed by atoms with van der Waals surface area (Å²) in [5, 5.41) is 3.39. The van der Waals surface area contributed by atoms with E-state index in [-0.39, 0.29) is 6.04 Å². The first-order valence-electron chi connectivity index (χ1n) is 4.59. The molecular weight excluding hydrogens is 216 g/mol. The van der Waals surface area contributed by atoms with Crippen LogP contribution in [0, 0.1) is 0 Å². The van der Waals surface area contributed by atoms with Gasteiger partial charge in [-0.1, -0.05) is 0 Å². The molecule has 0 spiro atoms. The van der Waals surface area contributed by atoms with Crippen molar-refractivity contribution in [2.24, 2.45) is 0 Å². The molecule has 0 aliphatic rings. The first kappa shape index (κ1) is 10.3. The summed E-state index contributed by atoms with van der Waals surface area (Å²) in [7, 11) is 1.86. The highest BCUT2D eigenvalue weighted by Crippen LogP contribution is 2.25. The molecule has 0 aliphatic carbocycles. The van der Waals surface area contributed by atoms with Crippen LogP contribution in [0.5, 0.6) is 0 Å². The Bertz CT molecular complexity index is 450. The average Bonchev–Trinajstić information content (AvgIpc) is 2.84. The zero-order chi connectivity index (χ0) is 10.8. The third-order valence-corrected chi connectivity index (χ3v) is 2.37. The molecule has 2 aromatic rings. The summed E-state index contributed by atoms with van der Waals surface area (Å²) in [5.74, 6) is 1.74. The molecule has 80 valence electrons. The van der Waals surface area contributed by atoms with Crippen molar-refractivity contribution in [2.75, 3.05) is 7.05 Å². The second-order valence-corrected chi connectivity index (χ2v) is 3.55. The molecule has 2 heterocycles. The second kappa shape index (κ2) is 4.08. The average molecular weight is 227 g/mol. The Hall–Kier alpha value is -1.26. The molecule has 4 nitrogen and oxygen atoms in total. The third kappa shape index (κ3) is 2.06. The molecule has 1 unspecified atom stereocenters. The van der Waals surface area contributed by atoms with Crippen molar-refractivity contribution >= 4 is 11.6 Å². The van der Waals surface area contributed by atoms with Crippen LogP contribution in [0.3, 0.4) is 0 Å². The van der Waals surface area contributed by atoms with E-state index in [9.17, 15) is 0 Å². The Morgan fingerprint density at radius 2 is 2.20 bits per heavy atom. The maximum absolute atomic E-state index is 5.66. The molecule has 1 atom stereocenters. The third-order valence-electron chi connectivity index (χ3n) is 2.17. The monoisotopic (exact) mass is 226 g/mol. The Morgan fingerprint density at radius 3 is 2.80 bits per heavy atom. The van der Waals surface area contributed by atoms with Gasteiger partial charge in [0.2, 0.25) is 0 Å². The topological polar surface area (TPSA) is 51.2 Å². The van der Waals surface area contributed by atoms with E-state index in [4.69, 9.17) is 20.4 Å². The fraction of sp³-hybridized carbons (Fsp3) is 0.300. The number of rotatable bonds is 3. The number of oxazole rings is 1. The van der Waals surface area contributed by atoms with E-state index in [1.54, 1.807) is 18.3 Å². The summed E-state index contributed by atoms with van der Waals surface area (Å²) < 4.78 is 10.7. The van der Waals surface area contributed by atoms with Crippen LogP contribution in [0.1, 0.15) is 18.7 Å². The highest BCUT2D eigenvalue weighted by molar-refractivity contribution is 6.28. The zero-order valence-corrected chi connectivity index (χ0v) is 9.21. The summed E-state index contributed by atoms with van der Waals surface area (Å²) in [6.45, 7) is 1.99. The first-order valence-corrected chi connectivity index (χ1v) is 4.97. The van der Waals surface area contributed by atoms with Gasteiger partial charge < -0.3 is 14.2 Å². The second-order valence-electron chi connectivity index (χ2n) is 3.18. The van der Waals surface area contributed by atoms with Gasteiger partial charge in [0.05, 0.1) is 12.2 Å². The number of furan rings is 1. The van der Waals surface area contributed by atoms with Crippen molar-refractivity contribution < 1.29 is 8.83 Å². The maximum atomic E-state index is 5.66. The van der Waals surface area contributed by atoms with Gasteiger partial charge in [0.25, 0.3) is 5.89 Å². The quantitative estimate of drug-likeness (QED) is 0.875. The summed E-state index contributed by atoms with van der Waals surface area (Å²) in [6, 6.07) is 3.50. The summed E-state index contributed by atoms with van der Waals surface area (Å²) in [4.78, 5) is 4.11. The van der Waals surface area contributed by atoms with Crippen LogP contribution < -0.4 is 5.32 Å². The van der Waals surface area contributed by atoms with Gasteiger partial charge in [0.1, 0.15) is 5.76 Å². The molecule has 0 aromatic carbocycles. The normalized spacial score (nSPS) is 13.0. The summed E-state index contributed by atoms with van der Waals surface area (Å²) in [5.41, 5.74) is 0. The minimum atomic E-state index is 0.122. The van der Waals surface area contributed by atoms with Crippen LogP contribution in [-0.2, 0) is 0 Å². The van der Waals surface area contributed by atoms with Gasteiger partial charge in [-0.2, -0.15) is 0 Å². The van der Waals surface area contributed by atoms with Crippen molar-refractivity contribution in [1.82, 2.24) is 10.3 Å². The fourth-order valence-corrected chi connectivity index (χ4v) is 1.32. The minimum Gasteiger partial charge on any atom is -0.440 e. The molecule has 15 heavy (non-hydrogen) atoms. The van der Waals surface area contributed by atoms with Crippen molar-refractivity contribution in [3.05, 3.63) is 29.3 Å². The van der Waals surface area contributed by atoms with Crippen molar-refractivity contribution in [3.8, 4) is 11.7 Å². The minimum absolute atomic E-state index is 0.122. The SMILES string of the molecule is CNC(C)c1cnc(-c2ccc(Cl)o2)o1. The van der Waals surface area contributed by atoms with Crippen LogP contribution in [-0.4, -0.2) is 12.0 Å². The van der Waals surface area contributed by atoms with Gasteiger partial charge in [-0.05, 0) is 37.7 Å². The molecule has 0 bridgehead atoms. The molecule has 5 heteroatoms. The number of hydrogen-bond acceptors (Lipinski definition) is 4. The van der Waals surface area contributed by atoms with Crippen LogP contribution in [0.2, 0.25) is 5.22 Å². The number of hydrogen-bond donors (Lipinski definition) is 1. The van der Waals surface area contributed by atoms with E-state index < -0.39 is 0 Å². The predicted molar refractivity (Wildman–Crippen MR) is 56.7 cm³/mol. The fourth-order valence-electron chi connectivity index (χ4n) is 1.17. The number of nitrogens with one attached hydrogen (secondary N) is 1. The van der Waals surface area contributed by atoms with E-state index in [0.717, 1.165) is 5.76 Å². The lowest BCUT2D eigenvalue weighted by Crippen LogP contribution is -2.11. The van der Waals surface area contributed by atoms with Crippen molar-refractivity contribution in [1.29, 1.82) is 0 Å². The number of nitrogens with zero attached hydrogens (tertiary/aromatic N) is 1. The molecule has 0 radical (unpaired) electrons. The Labute approximate surface area is 92.2 Å². The summed E-state index contributed by atoms with van der Waals surface area (Å²) >= 11 is 5.66. The lowest BCUT2D eigenvalue weighted by molar-refractivity contribution is 0.443. The molecule has 2 rings (SSSR count). The summed E-state index contributed by atoms with van der Waals surface area (Å²) in [6.07, 6.45) is 1.67. The lowest BCUT2D eigenvalue weighted by atomic mass is 10.3. The number of halogens is 1. The first-order chi connectivity index (χ1) is 7.20. The predicted octanol–water partition coefficient (Wildman–Crippen LogP) is 2.87. The van der Waals surface area contributed by atoms with E-state index >= 15 is 0 Å². The van der Waals surface area contributed by atoms with Crippen LogP contribution in [0.4, 0.5) is 0 Å². The van der Waals surface area contributed by atoms with E-state index in [2.05, 4.69) is 10.3 Å². The molecule has 0 aliphatic heterocycles. The van der Waals surface area contributed by atoms with Gasteiger partial charge in [0.15, 0.2) is 11.0 Å². The molecule has 2 aromatic heterocycles. The Kier molecular flexibility index (Phi) is 2.79. The van der Waals surface area contributed by atoms with Gasteiger partial charge in [0, 0.05) is 0 Å². The van der Waals surface area contributed by atoms with Gasteiger partial charge >= 0.3 is 0 Å². The van der Waals surface area contributed by atoms with Gasteiger partial charge in [-0.25, -0.2) is 4.98 Å². The molecule has 0 saturated carbocycles. The Balaban J connectivity index is 2.27. The Morgan fingerprint density at radius 1 is 1.40 bits per heavy atom. The van der Waals surface area contributed by atoms with Gasteiger partial charge in [-0.15, -0.1) is 0 Å². The van der Waals surface area contributed by atoms with Gasteiger partial charge in [-0.3, -0.25) is 0 Å². The molecule has 0 fully saturated rings. The largest absolute Gasteiger partial charge is 0.440 e. The smallest absolute Gasteiger partial charge is 0.263 e. The standard InChI is InChI=1S/C10H11ClN2O2/c1-6(12-2)8-5-13-10(15-8)7-3-4-9(11)14-7/h3-6,12H,1-2H3. The zero-order valence-electron chi connectivity index (χ0n) is 8.45. The highest BCUT2D eigenvalue weighted by Gasteiger charge is 2.13. The lowest BCUT2D eigenvalue weighted by Gasteiger charge is -2.03. The van der Waals surface area contributed by atoms with Crippen molar-refractivity contribution in [3.63, 3.8) is 0 Å². The maximum Gasteiger partial charge on any atom is 0.263 e. The molecule has 1 N–H and O–H groups in total. The van der Waals surface area contributed by atoms with E-state index in [1.807, 2.05) is 14.0 Å². The molecule has 0 amide bonds. The van der Waals surface area contributed by atoms with E-state index in [0.29, 0.717) is 16.9 Å². The van der Waals surface area contributed by atoms with Crippen molar-refractivity contribution in [2.45, 2.75) is 13.0 Å². The molecule has 0 saturated heterocycles. The van der Waals surface area contributed by atoms with E-state index in [1.165, 1.54) is 0 Å². The molecular formula is C10H11ClN2O2. The van der Waals surface area contributed by atoms with Crippen LogP contribution in [0.25, 0.3) is 11.7 Å².